The third-order valence-electron chi connectivity index (χ3n) is 9.36. The summed E-state index contributed by atoms with van der Waals surface area (Å²) in [5, 5.41) is 0. The largest absolute Gasteiger partial charge is 0.300 e. The van der Waals surface area contributed by atoms with Crippen LogP contribution < -0.4 is 0 Å². The van der Waals surface area contributed by atoms with Crippen molar-refractivity contribution in [1.29, 1.82) is 0 Å². The van der Waals surface area contributed by atoms with E-state index < -0.39 is 0 Å². The monoisotopic (exact) mass is 342 g/mol. The van der Waals surface area contributed by atoms with Gasteiger partial charge in [0.1, 0.15) is 5.78 Å². The van der Waals surface area contributed by atoms with E-state index in [-0.39, 0.29) is 0 Å². The highest BCUT2D eigenvalue weighted by molar-refractivity contribution is 5.80. The van der Waals surface area contributed by atoms with Gasteiger partial charge in [-0.2, -0.15) is 0 Å². The van der Waals surface area contributed by atoms with Crippen LogP contribution in [0.5, 0.6) is 0 Å². The Morgan fingerprint density at radius 2 is 1.88 bits per heavy atom. The number of carbonyl (C=O) groups is 1. The van der Waals surface area contributed by atoms with Crippen LogP contribution in [0.25, 0.3) is 0 Å². The van der Waals surface area contributed by atoms with Crippen molar-refractivity contribution in [3.05, 3.63) is 11.1 Å². The van der Waals surface area contributed by atoms with Crippen molar-refractivity contribution in [2.75, 3.05) is 0 Å². The van der Waals surface area contributed by atoms with Gasteiger partial charge < -0.3 is 0 Å². The summed E-state index contributed by atoms with van der Waals surface area (Å²) in [5.41, 5.74) is 4.72. The van der Waals surface area contributed by atoms with Gasteiger partial charge in [0.05, 0.1) is 0 Å². The van der Waals surface area contributed by atoms with Crippen molar-refractivity contribution < 1.29 is 4.79 Å². The summed E-state index contributed by atoms with van der Waals surface area (Å²) in [6, 6.07) is 0. The first-order chi connectivity index (χ1) is 11.9. The van der Waals surface area contributed by atoms with Crippen molar-refractivity contribution in [2.45, 2.75) is 98.3 Å². The maximum absolute atomic E-state index is 12.2. The standard InChI is InChI=1S/C24H38O/c1-5-6-12-23(3)13-11-20-19-8-7-17-15-18(25)14-16(2)24(17,4)22(19)10-9-21(20)23/h16-17,19,22H,5-15H2,1-4H3/t16-,17-,19-,22-,23+,24-/m0/s1. The molecule has 0 aromatic rings. The van der Waals surface area contributed by atoms with Crippen molar-refractivity contribution in [1.82, 2.24) is 0 Å². The van der Waals surface area contributed by atoms with E-state index in [9.17, 15) is 4.79 Å². The van der Waals surface area contributed by atoms with Crippen molar-refractivity contribution >= 4 is 5.78 Å². The molecule has 0 unspecified atom stereocenters. The lowest BCUT2D eigenvalue weighted by atomic mass is 9.46. The minimum Gasteiger partial charge on any atom is -0.300 e. The zero-order chi connectivity index (χ0) is 17.8. The van der Waals surface area contributed by atoms with Crippen molar-refractivity contribution in [2.24, 2.45) is 34.5 Å². The van der Waals surface area contributed by atoms with Crippen LogP contribution in [-0.4, -0.2) is 5.78 Å². The molecule has 0 heterocycles. The summed E-state index contributed by atoms with van der Waals surface area (Å²) in [6.45, 7) is 9.86. The number of allylic oxidation sites excluding steroid dienone is 2. The molecule has 4 aliphatic rings. The Labute approximate surface area is 155 Å². The van der Waals surface area contributed by atoms with Crippen LogP contribution in [0.1, 0.15) is 98.3 Å². The number of carbonyl (C=O) groups excluding carboxylic acids is 1. The van der Waals surface area contributed by atoms with Crippen LogP contribution in [0.2, 0.25) is 0 Å². The van der Waals surface area contributed by atoms with Gasteiger partial charge in [-0.15, -0.1) is 0 Å². The van der Waals surface area contributed by atoms with Gasteiger partial charge in [-0.1, -0.05) is 51.7 Å². The molecule has 140 valence electrons. The quantitative estimate of drug-likeness (QED) is 0.521. The Kier molecular flexibility index (Phi) is 4.44. The zero-order valence-corrected chi connectivity index (χ0v) is 17.0. The molecule has 25 heavy (non-hydrogen) atoms. The van der Waals surface area contributed by atoms with Crippen molar-refractivity contribution in [3.8, 4) is 0 Å². The first kappa shape index (κ1) is 17.8. The molecule has 2 saturated carbocycles. The minimum atomic E-state index is 0.414. The highest BCUT2D eigenvalue weighted by Crippen LogP contribution is 2.65. The number of unbranched alkanes of at least 4 members (excludes halogenated alkanes) is 1. The normalized spacial score (nSPS) is 46.6. The Balaban J connectivity index is 1.64. The summed E-state index contributed by atoms with van der Waals surface area (Å²) in [4.78, 5) is 12.2. The molecule has 0 aromatic heterocycles. The van der Waals surface area contributed by atoms with E-state index in [1.807, 2.05) is 11.1 Å². The van der Waals surface area contributed by atoms with Gasteiger partial charge in [0.25, 0.3) is 0 Å². The Hall–Kier alpha value is -0.590. The average Bonchev–Trinajstić information content (AvgIpc) is 2.92. The lowest BCUT2D eigenvalue weighted by Gasteiger charge is -2.58. The Bertz CT molecular complexity index is 587. The number of ketones is 1. The lowest BCUT2D eigenvalue weighted by Crippen LogP contribution is -2.52. The topological polar surface area (TPSA) is 17.1 Å². The molecule has 0 N–H and O–H groups in total. The SMILES string of the molecule is CCCC[C@]1(C)CCC2=C1CC[C@H]1[C@H]2CC[C@H]2CC(=O)C[C@H](C)[C@@]21C. The van der Waals surface area contributed by atoms with E-state index in [0.717, 1.165) is 24.7 Å². The van der Waals surface area contributed by atoms with E-state index >= 15 is 0 Å². The molecule has 6 atom stereocenters. The summed E-state index contributed by atoms with van der Waals surface area (Å²) in [6.07, 6.45) is 14.1. The molecule has 0 radical (unpaired) electrons. The van der Waals surface area contributed by atoms with E-state index in [2.05, 4.69) is 27.7 Å². The highest BCUT2D eigenvalue weighted by atomic mass is 16.1. The number of Topliss-reactive ketones (excluding diaryl/α,β-unsaturated/α-hetero) is 1. The fraction of sp³-hybridized carbons (Fsp3) is 0.875. The van der Waals surface area contributed by atoms with Gasteiger partial charge in [-0.25, -0.2) is 0 Å². The summed E-state index contributed by atoms with van der Waals surface area (Å²) >= 11 is 0. The molecule has 4 aliphatic carbocycles. The van der Waals surface area contributed by atoms with Crippen LogP contribution in [0, 0.1) is 34.5 Å². The second-order valence-corrected chi connectivity index (χ2v) is 10.4. The summed E-state index contributed by atoms with van der Waals surface area (Å²) in [5.74, 6) is 3.49. The Morgan fingerprint density at radius 3 is 2.64 bits per heavy atom. The van der Waals surface area contributed by atoms with Crippen LogP contribution in [0.15, 0.2) is 11.1 Å². The first-order valence-corrected chi connectivity index (χ1v) is 11.1. The average molecular weight is 343 g/mol. The van der Waals surface area contributed by atoms with Crippen molar-refractivity contribution in [3.63, 3.8) is 0 Å². The van der Waals surface area contributed by atoms with E-state index in [0.29, 0.717) is 28.4 Å². The molecule has 0 spiro atoms. The maximum Gasteiger partial charge on any atom is 0.133 e. The molecule has 2 fully saturated rings. The van der Waals surface area contributed by atoms with Gasteiger partial charge in [0.15, 0.2) is 0 Å². The Morgan fingerprint density at radius 1 is 1.08 bits per heavy atom. The van der Waals surface area contributed by atoms with Gasteiger partial charge in [0, 0.05) is 12.8 Å². The maximum atomic E-state index is 12.2. The summed E-state index contributed by atoms with van der Waals surface area (Å²) < 4.78 is 0. The molecule has 0 saturated heterocycles. The highest BCUT2D eigenvalue weighted by Gasteiger charge is 2.56. The third kappa shape index (κ3) is 2.59. The molecular formula is C24H38O. The van der Waals surface area contributed by atoms with E-state index in [4.69, 9.17) is 0 Å². The van der Waals surface area contributed by atoms with Gasteiger partial charge in [0.2, 0.25) is 0 Å². The van der Waals surface area contributed by atoms with Crippen LogP contribution in [0.3, 0.4) is 0 Å². The molecule has 0 aromatic carbocycles. The molecule has 1 heteroatoms. The van der Waals surface area contributed by atoms with E-state index in [1.165, 1.54) is 57.8 Å². The van der Waals surface area contributed by atoms with Crippen LogP contribution in [-0.2, 0) is 4.79 Å². The minimum absolute atomic E-state index is 0.414. The molecular weight excluding hydrogens is 304 g/mol. The van der Waals surface area contributed by atoms with Gasteiger partial charge in [-0.05, 0) is 79.4 Å². The van der Waals surface area contributed by atoms with Gasteiger partial charge in [-0.3, -0.25) is 4.79 Å². The number of fused-ring (bicyclic) bond motifs is 4. The molecule has 0 bridgehead atoms. The zero-order valence-electron chi connectivity index (χ0n) is 17.0. The second-order valence-electron chi connectivity index (χ2n) is 10.4. The lowest BCUT2D eigenvalue weighted by molar-refractivity contribution is -0.136. The number of hydrogen-bond donors (Lipinski definition) is 0. The van der Waals surface area contributed by atoms with Gasteiger partial charge >= 0.3 is 0 Å². The summed E-state index contributed by atoms with van der Waals surface area (Å²) in [7, 11) is 0. The fourth-order valence-corrected chi connectivity index (χ4v) is 7.68. The number of rotatable bonds is 3. The molecule has 1 nitrogen and oxygen atoms in total. The molecule has 0 aliphatic heterocycles. The predicted molar refractivity (Wildman–Crippen MR) is 104 cm³/mol. The molecule has 4 rings (SSSR count). The van der Waals surface area contributed by atoms with Crippen LogP contribution >= 0.6 is 0 Å². The fourth-order valence-electron chi connectivity index (χ4n) is 7.68. The predicted octanol–water partition coefficient (Wildman–Crippen LogP) is 6.71. The third-order valence-corrected chi connectivity index (χ3v) is 9.36. The van der Waals surface area contributed by atoms with E-state index in [1.54, 1.807) is 0 Å². The first-order valence-electron chi connectivity index (χ1n) is 11.1. The second kappa shape index (κ2) is 6.24. The number of hydrogen-bond acceptors (Lipinski definition) is 1. The molecule has 0 amide bonds. The van der Waals surface area contributed by atoms with Crippen LogP contribution in [0.4, 0.5) is 0 Å². The smallest absolute Gasteiger partial charge is 0.133 e.